The van der Waals surface area contributed by atoms with Crippen molar-refractivity contribution < 1.29 is 0 Å². The Morgan fingerprint density at radius 3 is 2.94 bits per heavy atom. The number of rotatable bonds is 2. The molecule has 18 heavy (non-hydrogen) atoms. The minimum Gasteiger partial charge on any atom is -0.330 e. The second kappa shape index (κ2) is 4.06. The number of imidazole rings is 1. The van der Waals surface area contributed by atoms with Crippen LogP contribution in [0.15, 0.2) is 24.5 Å². The van der Waals surface area contributed by atoms with E-state index in [1.807, 2.05) is 22.2 Å². The molecule has 0 aliphatic rings. The molecule has 5 nitrogen and oxygen atoms in total. The van der Waals surface area contributed by atoms with Crippen molar-refractivity contribution >= 4 is 23.3 Å². The average molecular weight is 259 g/mol. The number of para-hydroxylation sites is 1. The number of fused-ring (bicyclic) bond motifs is 1. The zero-order valence-electron chi connectivity index (χ0n) is 10.2. The third-order valence-electron chi connectivity index (χ3n) is 3.12. The highest BCUT2D eigenvalue weighted by molar-refractivity contribution is 7.71. The van der Waals surface area contributed by atoms with Crippen LogP contribution in [0.2, 0.25) is 0 Å². The molecule has 0 aliphatic heterocycles. The molecule has 0 aliphatic carbocycles. The van der Waals surface area contributed by atoms with E-state index in [1.54, 1.807) is 6.33 Å². The fraction of sp³-hybridized carbons (Fsp3) is 0.250. The second-order valence-corrected chi connectivity index (χ2v) is 4.73. The van der Waals surface area contributed by atoms with E-state index in [0.717, 1.165) is 16.9 Å². The SMILES string of the molecule is Cc1cccc2c1[nH]c(=S)n2Cc1nncn1C. The molecule has 92 valence electrons. The van der Waals surface area contributed by atoms with Crippen LogP contribution >= 0.6 is 12.2 Å². The van der Waals surface area contributed by atoms with E-state index in [1.165, 1.54) is 5.56 Å². The van der Waals surface area contributed by atoms with E-state index in [0.29, 0.717) is 11.3 Å². The third kappa shape index (κ3) is 1.65. The Labute approximate surface area is 109 Å². The zero-order chi connectivity index (χ0) is 12.7. The van der Waals surface area contributed by atoms with Gasteiger partial charge in [-0.2, -0.15) is 0 Å². The van der Waals surface area contributed by atoms with Gasteiger partial charge in [0, 0.05) is 7.05 Å². The predicted molar refractivity (Wildman–Crippen MR) is 72.0 cm³/mol. The van der Waals surface area contributed by atoms with Crippen LogP contribution in [0, 0.1) is 11.7 Å². The maximum absolute atomic E-state index is 5.38. The lowest BCUT2D eigenvalue weighted by Crippen LogP contribution is -2.05. The first kappa shape index (κ1) is 11.2. The molecule has 0 saturated carbocycles. The minimum absolute atomic E-state index is 0.624. The van der Waals surface area contributed by atoms with Crippen molar-refractivity contribution in [3.63, 3.8) is 0 Å². The summed E-state index contributed by atoms with van der Waals surface area (Å²) in [5.74, 6) is 0.883. The molecule has 3 aromatic rings. The Balaban J connectivity index is 2.18. The first-order valence-electron chi connectivity index (χ1n) is 5.68. The van der Waals surface area contributed by atoms with Gasteiger partial charge in [-0.1, -0.05) is 12.1 Å². The van der Waals surface area contributed by atoms with Crippen LogP contribution in [-0.4, -0.2) is 24.3 Å². The number of hydrogen-bond acceptors (Lipinski definition) is 3. The molecule has 3 rings (SSSR count). The molecule has 0 spiro atoms. The third-order valence-corrected chi connectivity index (χ3v) is 3.45. The molecular weight excluding hydrogens is 246 g/mol. The summed E-state index contributed by atoms with van der Waals surface area (Å²) in [7, 11) is 1.93. The molecule has 0 fully saturated rings. The number of benzene rings is 1. The topological polar surface area (TPSA) is 51.4 Å². The molecular formula is C12H13N5S. The van der Waals surface area contributed by atoms with Gasteiger partial charge in [-0.25, -0.2) is 0 Å². The quantitative estimate of drug-likeness (QED) is 0.718. The van der Waals surface area contributed by atoms with Crippen LogP contribution in [0.1, 0.15) is 11.4 Å². The number of H-pyrrole nitrogens is 1. The van der Waals surface area contributed by atoms with Crippen LogP contribution in [-0.2, 0) is 13.6 Å². The lowest BCUT2D eigenvalue weighted by Gasteiger charge is -2.04. The molecule has 2 heterocycles. The van der Waals surface area contributed by atoms with Gasteiger partial charge >= 0.3 is 0 Å². The molecule has 1 N–H and O–H groups in total. The summed E-state index contributed by atoms with van der Waals surface area (Å²) in [5.41, 5.74) is 3.38. The van der Waals surface area contributed by atoms with Gasteiger partial charge in [-0.15, -0.1) is 10.2 Å². The van der Waals surface area contributed by atoms with Crippen molar-refractivity contribution in [3.8, 4) is 0 Å². The zero-order valence-corrected chi connectivity index (χ0v) is 11.0. The minimum atomic E-state index is 0.624. The van der Waals surface area contributed by atoms with E-state index < -0.39 is 0 Å². The number of nitrogens with one attached hydrogen (secondary N) is 1. The first-order valence-corrected chi connectivity index (χ1v) is 6.08. The Bertz CT molecular complexity index is 764. The first-order chi connectivity index (χ1) is 8.66. The van der Waals surface area contributed by atoms with Crippen molar-refractivity contribution in [3.05, 3.63) is 40.7 Å². The smallest absolute Gasteiger partial charge is 0.178 e. The Morgan fingerprint density at radius 2 is 2.22 bits per heavy atom. The van der Waals surface area contributed by atoms with Crippen molar-refractivity contribution in [2.24, 2.45) is 7.05 Å². The molecule has 0 saturated heterocycles. The van der Waals surface area contributed by atoms with Gasteiger partial charge in [0.05, 0.1) is 17.6 Å². The van der Waals surface area contributed by atoms with Crippen molar-refractivity contribution in [1.82, 2.24) is 24.3 Å². The fourth-order valence-corrected chi connectivity index (χ4v) is 2.34. The van der Waals surface area contributed by atoms with Gasteiger partial charge < -0.3 is 14.1 Å². The highest BCUT2D eigenvalue weighted by Crippen LogP contribution is 2.18. The summed E-state index contributed by atoms with van der Waals surface area (Å²) in [6.07, 6.45) is 1.69. The van der Waals surface area contributed by atoms with Crippen LogP contribution in [0.3, 0.4) is 0 Å². The van der Waals surface area contributed by atoms with Crippen LogP contribution in [0.4, 0.5) is 0 Å². The maximum Gasteiger partial charge on any atom is 0.178 e. The monoisotopic (exact) mass is 259 g/mol. The van der Waals surface area contributed by atoms with Gasteiger partial charge in [-0.3, -0.25) is 0 Å². The average Bonchev–Trinajstić information content (AvgIpc) is 2.87. The highest BCUT2D eigenvalue weighted by Gasteiger charge is 2.09. The van der Waals surface area contributed by atoms with E-state index in [2.05, 4.69) is 34.2 Å². The second-order valence-electron chi connectivity index (χ2n) is 4.34. The normalized spacial score (nSPS) is 11.2. The van der Waals surface area contributed by atoms with Gasteiger partial charge in [0.1, 0.15) is 6.33 Å². The number of hydrogen-bond donors (Lipinski definition) is 1. The highest BCUT2D eigenvalue weighted by atomic mass is 32.1. The summed E-state index contributed by atoms with van der Waals surface area (Å²) in [4.78, 5) is 3.25. The molecule has 0 radical (unpaired) electrons. The molecule has 1 aromatic carbocycles. The molecule has 0 atom stereocenters. The summed E-state index contributed by atoms with van der Waals surface area (Å²) in [6, 6.07) is 6.17. The number of aryl methyl sites for hydroxylation is 2. The lowest BCUT2D eigenvalue weighted by molar-refractivity contribution is 0.705. The van der Waals surface area contributed by atoms with E-state index >= 15 is 0 Å². The van der Waals surface area contributed by atoms with Gasteiger partial charge in [0.2, 0.25) is 0 Å². The Hall–Kier alpha value is -1.95. The summed E-state index contributed by atoms with van der Waals surface area (Å²) >= 11 is 5.38. The van der Waals surface area contributed by atoms with Gasteiger partial charge in [-0.05, 0) is 30.8 Å². The summed E-state index contributed by atoms with van der Waals surface area (Å²) < 4.78 is 4.65. The van der Waals surface area contributed by atoms with Gasteiger partial charge in [0.15, 0.2) is 10.6 Å². The molecule has 0 unspecified atom stereocenters. The number of nitrogens with zero attached hydrogens (tertiary/aromatic N) is 4. The molecule has 2 aromatic heterocycles. The molecule has 6 heteroatoms. The Kier molecular flexibility index (Phi) is 2.52. The van der Waals surface area contributed by atoms with Gasteiger partial charge in [0.25, 0.3) is 0 Å². The predicted octanol–water partition coefficient (Wildman–Crippen LogP) is 2.18. The van der Waals surface area contributed by atoms with Crippen molar-refractivity contribution in [1.29, 1.82) is 0 Å². The van der Waals surface area contributed by atoms with E-state index in [-0.39, 0.29) is 0 Å². The fourth-order valence-electron chi connectivity index (χ4n) is 2.07. The van der Waals surface area contributed by atoms with Crippen molar-refractivity contribution in [2.75, 3.05) is 0 Å². The molecule has 0 bridgehead atoms. The van der Waals surface area contributed by atoms with Crippen LogP contribution in [0.25, 0.3) is 11.0 Å². The number of aromatic nitrogens is 5. The summed E-state index contributed by atoms with van der Waals surface area (Å²) in [6.45, 7) is 2.69. The van der Waals surface area contributed by atoms with Crippen molar-refractivity contribution in [2.45, 2.75) is 13.5 Å². The standard InChI is InChI=1S/C12H13N5S/c1-8-4-3-5-9-11(8)14-12(18)17(9)6-10-15-13-7-16(10)2/h3-5,7H,6H2,1-2H3,(H,14,18). The summed E-state index contributed by atoms with van der Waals surface area (Å²) in [5, 5.41) is 7.98. The van der Waals surface area contributed by atoms with E-state index in [9.17, 15) is 0 Å². The van der Waals surface area contributed by atoms with Crippen LogP contribution in [0.5, 0.6) is 0 Å². The number of aromatic amines is 1. The van der Waals surface area contributed by atoms with E-state index in [4.69, 9.17) is 12.2 Å². The lowest BCUT2D eigenvalue weighted by atomic mass is 10.2. The largest absolute Gasteiger partial charge is 0.330 e. The van der Waals surface area contributed by atoms with Crippen LogP contribution < -0.4 is 0 Å². The maximum atomic E-state index is 5.38. The molecule has 0 amide bonds. The Morgan fingerprint density at radius 1 is 1.39 bits per heavy atom.